The molecule has 118 valence electrons. The maximum absolute atomic E-state index is 12.0. The van der Waals surface area contributed by atoms with Crippen molar-refractivity contribution in [1.82, 2.24) is 0 Å². The maximum Gasteiger partial charge on any atom is 0.224 e. The minimum Gasteiger partial charge on any atom is -0.469 e. The lowest BCUT2D eigenvalue weighted by atomic mass is 10.1. The first-order chi connectivity index (χ1) is 10.6. The molecule has 1 aromatic carbocycles. The van der Waals surface area contributed by atoms with Crippen LogP contribution in [0.25, 0.3) is 0 Å². The van der Waals surface area contributed by atoms with Crippen molar-refractivity contribution >= 4 is 17.3 Å². The molecule has 0 atom stereocenters. The Kier molecular flexibility index (Phi) is 5.64. The van der Waals surface area contributed by atoms with E-state index < -0.39 is 0 Å². The number of nitrogens with one attached hydrogen (secondary N) is 1. The molecule has 2 rings (SSSR count). The van der Waals surface area contributed by atoms with Gasteiger partial charge in [0.05, 0.1) is 6.26 Å². The summed E-state index contributed by atoms with van der Waals surface area (Å²) in [6.07, 6.45) is 2.67. The van der Waals surface area contributed by atoms with E-state index in [1.165, 1.54) is 5.69 Å². The van der Waals surface area contributed by atoms with Crippen molar-refractivity contribution < 1.29 is 9.21 Å². The summed E-state index contributed by atoms with van der Waals surface area (Å²) >= 11 is 0. The molecule has 0 saturated heterocycles. The van der Waals surface area contributed by atoms with Crippen molar-refractivity contribution in [2.24, 2.45) is 0 Å². The lowest BCUT2D eigenvalue weighted by Crippen LogP contribution is -2.22. The Morgan fingerprint density at radius 1 is 1.23 bits per heavy atom. The Morgan fingerprint density at radius 2 is 2.00 bits per heavy atom. The minimum atomic E-state index is 0.00934. The predicted octanol–water partition coefficient (Wildman–Crippen LogP) is 4.01. The van der Waals surface area contributed by atoms with E-state index in [2.05, 4.69) is 36.2 Å². The van der Waals surface area contributed by atoms with Crippen LogP contribution in [0.1, 0.15) is 31.6 Å². The fraction of sp³-hybridized carbons (Fsp3) is 0.389. The van der Waals surface area contributed by atoms with Crippen LogP contribution in [0.3, 0.4) is 0 Å². The van der Waals surface area contributed by atoms with Gasteiger partial charge in [-0.3, -0.25) is 4.79 Å². The molecule has 1 heterocycles. The molecule has 0 bridgehead atoms. The molecule has 4 heteroatoms. The Balaban J connectivity index is 1.96. The van der Waals surface area contributed by atoms with Crippen LogP contribution in [0.5, 0.6) is 0 Å². The Labute approximate surface area is 132 Å². The molecule has 0 aliphatic heterocycles. The lowest BCUT2D eigenvalue weighted by Gasteiger charge is -2.22. The van der Waals surface area contributed by atoms with Crippen LogP contribution in [-0.4, -0.2) is 19.0 Å². The van der Waals surface area contributed by atoms with Crippen LogP contribution < -0.4 is 10.2 Å². The first-order valence-corrected chi connectivity index (χ1v) is 7.81. The molecule has 1 aromatic heterocycles. The largest absolute Gasteiger partial charge is 0.469 e. The van der Waals surface area contributed by atoms with Gasteiger partial charge in [-0.2, -0.15) is 0 Å². The fourth-order valence-corrected chi connectivity index (χ4v) is 2.48. The molecule has 0 saturated carbocycles. The second-order valence-electron chi connectivity index (χ2n) is 5.30. The molecule has 0 aliphatic carbocycles. The van der Waals surface area contributed by atoms with Crippen LogP contribution in [0.4, 0.5) is 11.4 Å². The number of furan rings is 1. The van der Waals surface area contributed by atoms with Gasteiger partial charge in [0.25, 0.3) is 0 Å². The third-order valence-electron chi connectivity index (χ3n) is 3.79. The molecule has 0 radical (unpaired) electrons. The third kappa shape index (κ3) is 4.13. The average molecular weight is 300 g/mol. The van der Waals surface area contributed by atoms with Gasteiger partial charge in [-0.1, -0.05) is 0 Å². The zero-order valence-corrected chi connectivity index (χ0v) is 13.6. The fourth-order valence-electron chi connectivity index (χ4n) is 2.48. The first kappa shape index (κ1) is 16.1. The SMILES string of the molecule is CCN(CC)c1ccc(NC(=O)CCc2ccco2)c(C)c1. The smallest absolute Gasteiger partial charge is 0.224 e. The average Bonchev–Trinajstić information content (AvgIpc) is 3.02. The Bertz CT molecular complexity index is 602. The molecule has 0 fully saturated rings. The van der Waals surface area contributed by atoms with Crippen LogP contribution in [-0.2, 0) is 11.2 Å². The Hall–Kier alpha value is -2.23. The van der Waals surface area contributed by atoms with E-state index in [0.29, 0.717) is 12.8 Å². The quantitative estimate of drug-likeness (QED) is 0.840. The van der Waals surface area contributed by atoms with Crippen molar-refractivity contribution in [3.05, 3.63) is 47.9 Å². The molecule has 2 aromatic rings. The summed E-state index contributed by atoms with van der Waals surface area (Å²) in [5.74, 6) is 0.846. The monoisotopic (exact) mass is 300 g/mol. The summed E-state index contributed by atoms with van der Waals surface area (Å²) in [7, 11) is 0. The van der Waals surface area contributed by atoms with E-state index in [9.17, 15) is 4.79 Å². The van der Waals surface area contributed by atoms with Gasteiger partial charge in [0.2, 0.25) is 5.91 Å². The highest BCUT2D eigenvalue weighted by molar-refractivity contribution is 5.91. The molecule has 22 heavy (non-hydrogen) atoms. The third-order valence-corrected chi connectivity index (χ3v) is 3.79. The van der Waals surface area contributed by atoms with E-state index in [-0.39, 0.29) is 5.91 Å². The van der Waals surface area contributed by atoms with Gasteiger partial charge in [-0.15, -0.1) is 0 Å². The van der Waals surface area contributed by atoms with Crippen LogP contribution in [0.15, 0.2) is 41.0 Å². The van der Waals surface area contributed by atoms with Crippen molar-refractivity contribution in [2.75, 3.05) is 23.3 Å². The number of carbonyl (C=O) groups is 1. The van der Waals surface area contributed by atoms with Gasteiger partial charge in [0, 0.05) is 37.3 Å². The van der Waals surface area contributed by atoms with E-state index in [4.69, 9.17) is 4.42 Å². The van der Waals surface area contributed by atoms with Gasteiger partial charge in [-0.05, 0) is 56.7 Å². The number of rotatable bonds is 7. The summed E-state index contributed by atoms with van der Waals surface area (Å²) in [5.41, 5.74) is 3.15. The molecule has 1 amide bonds. The van der Waals surface area contributed by atoms with E-state index >= 15 is 0 Å². The first-order valence-electron chi connectivity index (χ1n) is 7.81. The van der Waals surface area contributed by atoms with Gasteiger partial charge in [-0.25, -0.2) is 0 Å². The molecule has 4 nitrogen and oxygen atoms in total. The van der Waals surface area contributed by atoms with Crippen molar-refractivity contribution in [3.63, 3.8) is 0 Å². The second kappa shape index (κ2) is 7.69. The summed E-state index contributed by atoms with van der Waals surface area (Å²) in [5, 5.41) is 2.98. The molecular weight excluding hydrogens is 276 g/mol. The lowest BCUT2D eigenvalue weighted by molar-refractivity contribution is -0.116. The number of hydrogen-bond donors (Lipinski definition) is 1. The number of aryl methyl sites for hydroxylation is 2. The minimum absolute atomic E-state index is 0.00934. The molecule has 0 spiro atoms. The van der Waals surface area contributed by atoms with Gasteiger partial charge >= 0.3 is 0 Å². The maximum atomic E-state index is 12.0. The molecule has 0 aliphatic rings. The highest BCUT2D eigenvalue weighted by Crippen LogP contribution is 2.23. The van der Waals surface area contributed by atoms with E-state index in [1.807, 2.05) is 25.1 Å². The zero-order chi connectivity index (χ0) is 15.9. The highest BCUT2D eigenvalue weighted by atomic mass is 16.3. The van der Waals surface area contributed by atoms with E-state index in [1.54, 1.807) is 6.26 Å². The number of amides is 1. The van der Waals surface area contributed by atoms with Gasteiger partial charge < -0.3 is 14.6 Å². The zero-order valence-electron chi connectivity index (χ0n) is 13.6. The summed E-state index contributed by atoms with van der Waals surface area (Å²) in [6, 6.07) is 9.88. The standard InChI is InChI=1S/C18H24N2O2/c1-4-20(5-2)15-8-10-17(14(3)13-15)19-18(21)11-9-16-7-6-12-22-16/h6-8,10,12-13H,4-5,9,11H2,1-3H3,(H,19,21). The number of anilines is 2. The van der Waals surface area contributed by atoms with Crippen molar-refractivity contribution in [1.29, 1.82) is 0 Å². The Morgan fingerprint density at radius 3 is 2.59 bits per heavy atom. The highest BCUT2D eigenvalue weighted by Gasteiger charge is 2.08. The topological polar surface area (TPSA) is 45.5 Å². The number of carbonyl (C=O) groups excluding carboxylic acids is 1. The van der Waals surface area contributed by atoms with Crippen LogP contribution >= 0.6 is 0 Å². The molecular formula is C18H24N2O2. The molecule has 0 unspecified atom stereocenters. The second-order valence-corrected chi connectivity index (χ2v) is 5.30. The normalized spacial score (nSPS) is 10.5. The van der Waals surface area contributed by atoms with Gasteiger partial charge in [0.15, 0.2) is 0 Å². The van der Waals surface area contributed by atoms with Crippen molar-refractivity contribution in [3.8, 4) is 0 Å². The van der Waals surface area contributed by atoms with Crippen LogP contribution in [0, 0.1) is 6.92 Å². The summed E-state index contributed by atoms with van der Waals surface area (Å²) in [6.45, 7) is 8.26. The predicted molar refractivity (Wildman–Crippen MR) is 90.4 cm³/mol. The van der Waals surface area contributed by atoms with E-state index in [0.717, 1.165) is 30.1 Å². The summed E-state index contributed by atoms with van der Waals surface area (Å²) < 4.78 is 5.24. The summed E-state index contributed by atoms with van der Waals surface area (Å²) in [4.78, 5) is 14.3. The van der Waals surface area contributed by atoms with Crippen molar-refractivity contribution in [2.45, 2.75) is 33.6 Å². The van der Waals surface area contributed by atoms with Crippen LogP contribution in [0.2, 0.25) is 0 Å². The van der Waals surface area contributed by atoms with Gasteiger partial charge in [0.1, 0.15) is 5.76 Å². The molecule has 1 N–H and O–H groups in total. The number of benzene rings is 1. The number of hydrogen-bond acceptors (Lipinski definition) is 3. The number of nitrogens with zero attached hydrogens (tertiary/aromatic N) is 1.